The van der Waals surface area contributed by atoms with Crippen molar-refractivity contribution in [2.45, 2.75) is 40.0 Å². The molecule has 1 atom stereocenters. The molecule has 0 bridgehead atoms. The van der Waals surface area contributed by atoms with Gasteiger partial charge < -0.3 is 10.2 Å². The van der Waals surface area contributed by atoms with E-state index in [-0.39, 0.29) is 11.8 Å². The molecule has 0 heterocycles. The fourth-order valence-electron chi connectivity index (χ4n) is 1.48. The van der Waals surface area contributed by atoms with Crippen LogP contribution in [0.4, 0.5) is 0 Å². The van der Waals surface area contributed by atoms with E-state index in [1.54, 1.807) is 19.0 Å². The van der Waals surface area contributed by atoms with Gasteiger partial charge >= 0.3 is 0 Å². The monoisotopic (exact) mass is 242 g/mol. The maximum Gasteiger partial charge on any atom is 0.222 e. The Bertz CT molecular complexity index is 250. The molecular weight excluding hydrogens is 216 g/mol. The molecule has 0 aromatic rings. The third kappa shape index (κ3) is 8.72. The molecule has 0 rings (SSSR count). The molecule has 100 valence electrons. The summed E-state index contributed by atoms with van der Waals surface area (Å²) in [6.45, 7) is 6.75. The lowest BCUT2D eigenvalue weighted by Crippen LogP contribution is -2.28. The standard InChI is InChI=1S/C13H26N2O2/c1-10(2)8-12(16)14-7-6-11(3)9-13(17)15(4)5/h10-11H,6-9H2,1-5H3,(H,14,16). The molecule has 0 aromatic carbocycles. The van der Waals surface area contributed by atoms with Crippen molar-refractivity contribution in [1.29, 1.82) is 0 Å². The minimum absolute atomic E-state index is 0.103. The zero-order valence-corrected chi connectivity index (χ0v) is 11.7. The summed E-state index contributed by atoms with van der Waals surface area (Å²) >= 11 is 0. The number of carbonyl (C=O) groups excluding carboxylic acids is 2. The number of amides is 2. The lowest BCUT2D eigenvalue weighted by molar-refractivity contribution is -0.129. The second-order valence-corrected chi connectivity index (χ2v) is 5.33. The van der Waals surface area contributed by atoms with Crippen molar-refractivity contribution >= 4 is 11.8 Å². The summed E-state index contributed by atoms with van der Waals surface area (Å²) < 4.78 is 0. The third-order valence-corrected chi connectivity index (χ3v) is 2.57. The van der Waals surface area contributed by atoms with Gasteiger partial charge in [-0.1, -0.05) is 20.8 Å². The first-order valence-corrected chi connectivity index (χ1v) is 6.29. The molecule has 0 saturated heterocycles. The maximum atomic E-state index is 11.4. The summed E-state index contributed by atoms with van der Waals surface area (Å²) in [5.41, 5.74) is 0. The number of carbonyl (C=O) groups is 2. The highest BCUT2D eigenvalue weighted by Gasteiger charge is 2.11. The average Bonchev–Trinajstić information content (AvgIpc) is 2.15. The van der Waals surface area contributed by atoms with Gasteiger partial charge in [0.25, 0.3) is 0 Å². The molecule has 0 aromatic heterocycles. The number of nitrogens with zero attached hydrogens (tertiary/aromatic N) is 1. The van der Waals surface area contributed by atoms with Crippen molar-refractivity contribution in [2.24, 2.45) is 11.8 Å². The predicted molar refractivity (Wildman–Crippen MR) is 69.6 cm³/mol. The Labute approximate surface area is 105 Å². The predicted octanol–water partition coefficient (Wildman–Crippen LogP) is 1.65. The van der Waals surface area contributed by atoms with Crippen molar-refractivity contribution < 1.29 is 9.59 Å². The van der Waals surface area contributed by atoms with E-state index in [2.05, 4.69) is 5.32 Å². The van der Waals surface area contributed by atoms with Crippen LogP contribution in [-0.4, -0.2) is 37.4 Å². The Morgan fingerprint density at radius 2 is 1.71 bits per heavy atom. The SMILES string of the molecule is CC(C)CC(=O)NCCC(C)CC(=O)N(C)C. The van der Waals surface area contributed by atoms with Crippen molar-refractivity contribution in [3.63, 3.8) is 0 Å². The van der Waals surface area contributed by atoms with Gasteiger partial charge in [-0.3, -0.25) is 9.59 Å². The molecule has 0 aliphatic carbocycles. The molecule has 0 aliphatic rings. The molecule has 4 nitrogen and oxygen atoms in total. The summed E-state index contributed by atoms with van der Waals surface area (Å²) in [6.07, 6.45) is 1.97. The quantitative estimate of drug-likeness (QED) is 0.738. The minimum Gasteiger partial charge on any atom is -0.356 e. The van der Waals surface area contributed by atoms with Gasteiger partial charge in [-0.15, -0.1) is 0 Å². The fourth-order valence-corrected chi connectivity index (χ4v) is 1.48. The Morgan fingerprint density at radius 3 is 2.18 bits per heavy atom. The molecular formula is C13H26N2O2. The molecule has 17 heavy (non-hydrogen) atoms. The van der Waals surface area contributed by atoms with E-state index in [0.29, 0.717) is 31.2 Å². The number of rotatable bonds is 7. The van der Waals surface area contributed by atoms with Crippen molar-refractivity contribution in [1.82, 2.24) is 10.2 Å². The van der Waals surface area contributed by atoms with Crippen molar-refractivity contribution in [3.05, 3.63) is 0 Å². The largest absolute Gasteiger partial charge is 0.356 e. The van der Waals surface area contributed by atoms with Gasteiger partial charge in [0.05, 0.1) is 0 Å². The molecule has 1 N–H and O–H groups in total. The summed E-state index contributed by atoms with van der Waals surface area (Å²) in [5.74, 6) is 0.948. The smallest absolute Gasteiger partial charge is 0.222 e. The molecule has 4 heteroatoms. The van der Waals surface area contributed by atoms with E-state index in [4.69, 9.17) is 0 Å². The number of hydrogen-bond donors (Lipinski definition) is 1. The molecule has 0 radical (unpaired) electrons. The lowest BCUT2D eigenvalue weighted by Gasteiger charge is -2.15. The topological polar surface area (TPSA) is 49.4 Å². The molecule has 0 spiro atoms. The molecule has 2 amide bonds. The van der Waals surface area contributed by atoms with E-state index in [9.17, 15) is 9.59 Å². The van der Waals surface area contributed by atoms with Gasteiger partial charge in [0.2, 0.25) is 11.8 Å². The molecule has 0 saturated carbocycles. The van der Waals surface area contributed by atoms with Crippen LogP contribution in [0.3, 0.4) is 0 Å². The zero-order chi connectivity index (χ0) is 13.4. The maximum absolute atomic E-state index is 11.4. The van der Waals surface area contributed by atoms with Gasteiger partial charge in [-0.2, -0.15) is 0 Å². The van der Waals surface area contributed by atoms with E-state index >= 15 is 0 Å². The van der Waals surface area contributed by atoms with Crippen LogP contribution in [-0.2, 0) is 9.59 Å². The van der Waals surface area contributed by atoms with E-state index in [0.717, 1.165) is 6.42 Å². The highest BCUT2D eigenvalue weighted by atomic mass is 16.2. The molecule has 0 aliphatic heterocycles. The second-order valence-electron chi connectivity index (χ2n) is 5.33. The van der Waals surface area contributed by atoms with E-state index < -0.39 is 0 Å². The summed E-state index contributed by atoms with van der Waals surface area (Å²) in [6, 6.07) is 0. The highest BCUT2D eigenvalue weighted by molar-refractivity contribution is 5.76. The Balaban J connectivity index is 3.67. The van der Waals surface area contributed by atoms with Crippen LogP contribution >= 0.6 is 0 Å². The van der Waals surface area contributed by atoms with Gasteiger partial charge in [0, 0.05) is 33.5 Å². The van der Waals surface area contributed by atoms with Crippen LogP contribution in [0.2, 0.25) is 0 Å². The Morgan fingerprint density at radius 1 is 1.12 bits per heavy atom. The van der Waals surface area contributed by atoms with Crippen LogP contribution in [0.25, 0.3) is 0 Å². The van der Waals surface area contributed by atoms with Crippen LogP contribution < -0.4 is 5.32 Å². The summed E-state index contributed by atoms with van der Waals surface area (Å²) in [7, 11) is 3.53. The number of hydrogen-bond acceptors (Lipinski definition) is 2. The van der Waals surface area contributed by atoms with Gasteiger partial charge in [0.15, 0.2) is 0 Å². The minimum atomic E-state index is 0.103. The highest BCUT2D eigenvalue weighted by Crippen LogP contribution is 2.08. The van der Waals surface area contributed by atoms with E-state index in [1.165, 1.54) is 0 Å². The third-order valence-electron chi connectivity index (χ3n) is 2.57. The van der Waals surface area contributed by atoms with Gasteiger partial charge in [0.1, 0.15) is 0 Å². The summed E-state index contributed by atoms with van der Waals surface area (Å²) in [5, 5.41) is 2.88. The molecule has 0 fully saturated rings. The first kappa shape index (κ1) is 15.9. The van der Waals surface area contributed by atoms with Crippen LogP contribution in [0.1, 0.15) is 40.0 Å². The summed E-state index contributed by atoms with van der Waals surface area (Å²) in [4.78, 5) is 24.4. The first-order chi connectivity index (χ1) is 7.82. The Hall–Kier alpha value is -1.06. The van der Waals surface area contributed by atoms with Crippen molar-refractivity contribution in [3.8, 4) is 0 Å². The molecule has 1 unspecified atom stereocenters. The second kappa shape index (κ2) is 8.09. The van der Waals surface area contributed by atoms with Crippen molar-refractivity contribution in [2.75, 3.05) is 20.6 Å². The average molecular weight is 242 g/mol. The number of nitrogens with one attached hydrogen (secondary N) is 1. The van der Waals surface area contributed by atoms with Gasteiger partial charge in [-0.05, 0) is 18.3 Å². The Kier molecular flexibility index (Phi) is 7.59. The van der Waals surface area contributed by atoms with Gasteiger partial charge in [-0.25, -0.2) is 0 Å². The fraction of sp³-hybridized carbons (Fsp3) is 0.846. The first-order valence-electron chi connectivity index (χ1n) is 6.29. The van der Waals surface area contributed by atoms with Crippen LogP contribution in [0.15, 0.2) is 0 Å². The van der Waals surface area contributed by atoms with E-state index in [1.807, 2.05) is 20.8 Å². The van der Waals surface area contributed by atoms with Crippen LogP contribution in [0.5, 0.6) is 0 Å². The van der Waals surface area contributed by atoms with Crippen LogP contribution in [0, 0.1) is 11.8 Å². The zero-order valence-electron chi connectivity index (χ0n) is 11.7. The normalized spacial score (nSPS) is 12.4. The lowest BCUT2D eigenvalue weighted by atomic mass is 10.0.